The molecule has 0 spiro atoms. The van der Waals surface area contributed by atoms with Crippen molar-refractivity contribution in [2.75, 3.05) is 11.6 Å². The highest BCUT2D eigenvalue weighted by Crippen LogP contribution is 2.31. The Labute approximate surface area is 117 Å². The van der Waals surface area contributed by atoms with E-state index in [4.69, 9.17) is 11.6 Å². The van der Waals surface area contributed by atoms with Gasteiger partial charge in [-0.05, 0) is 12.0 Å². The van der Waals surface area contributed by atoms with Crippen LogP contribution in [0.2, 0.25) is 0 Å². The van der Waals surface area contributed by atoms with Gasteiger partial charge in [-0.25, -0.2) is 9.50 Å². The molecule has 3 nitrogen and oxygen atoms in total. The van der Waals surface area contributed by atoms with Gasteiger partial charge in [-0.1, -0.05) is 6.92 Å². The summed E-state index contributed by atoms with van der Waals surface area (Å²) in [5.41, 5.74) is -0.547. The summed E-state index contributed by atoms with van der Waals surface area (Å²) in [5.74, 6) is 1.46. The van der Waals surface area contributed by atoms with Gasteiger partial charge in [-0.3, -0.25) is 0 Å². The zero-order valence-electron chi connectivity index (χ0n) is 9.99. The zero-order chi connectivity index (χ0) is 14.0. The van der Waals surface area contributed by atoms with E-state index in [0.29, 0.717) is 22.2 Å². The van der Waals surface area contributed by atoms with Crippen molar-refractivity contribution in [2.45, 2.75) is 18.1 Å². The van der Waals surface area contributed by atoms with Crippen molar-refractivity contribution in [3.05, 3.63) is 24.2 Å². The van der Waals surface area contributed by atoms with Gasteiger partial charge in [-0.2, -0.15) is 18.3 Å². The minimum absolute atomic E-state index is 0.263. The lowest BCUT2D eigenvalue weighted by atomic mass is 10.3. The van der Waals surface area contributed by atoms with Gasteiger partial charge in [-0.15, -0.1) is 23.4 Å². The standard InChI is InChI=1S/C11H11ClF3N3S/c1-7(5-12)6-19-10-8-4-9(11(13,14)15)17-18(8)3-2-16-10/h2-4,7H,5-6H2,1H3. The molecule has 2 rings (SSSR count). The molecule has 0 N–H and O–H groups in total. The van der Waals surface area contributed by atoms with Gasteiger partial charge in [0.1, 0.15) is 5.03 Å². The van der Waals surface area contributed by atoms with E-state index in [1.165, 1.54) is 28.7 Å². The lowest BCUT2D eigenvalue weighted by Crippen LogP contribution is -2.05. The first-order valence-electron chi connectivity index (χ1n) is 5.52. The third kappa shape index (κ3) is 3.33. The molecule has 19 heavy (non-hydrogen) atoms. The van der Waals surface area contributed by atoms with E-state index in [2.05, 4.69) is 10.1 Å². The summed E-state index contributed by atoms with van der Waals surface area (Å²) >= 11 is 7.08. The maximum absolute atomic E-state index is 12.6. The molecule has 0 aliphatic heterocycles. The Morgan fingerprint density at radius 3 is 2.84 bits per heavy atom. The minimum Gasteiger partial charge on any atom is -0.246 e. The predicted molar refractivity (Wildman–Crippen MR) is 68.6 cm³/mol. The molecule has 0 fully saturated rings. The van der Waals surface area contributed by atoms with Crippen molar-refractivity contribution in [1.82, 2.24) is 14.6 Å². The first kappa shape index (κ1) is 14.5. The summed E-state index contributed by atoms with van der Waals surface area (Å²) in [7, 11) is 0. The monoisotopic (exact) mass is 309 g/mol. The van der Waals surface area contributed by atoms with Crippen LogP contribution in [-0.4, -0.2) is 26.2 Å². The van der Waals surface area contributed by atoms with E-state index in [-0.39, 0.29) is 5.92 Å². The second-order valence-electron chi connectivity index (χ2n) is 4.16. The smallest absolute Gasteiger partial charge is 0.246 e. The molecule has 0 saturated heterocycles. The summed E-state index contributed by atoms with van der Waals surface area (Å²) in [6.45, 7) is 1.97. The van der Waals surface area contributed by atoms with Crippen molar-refractivity contribution >= 4 is 28.9 Å². The molecule has 8 heteroatoms. The fraction of sp³-hybridized carbons (Fsp3) is 0.455. The second-order valence-corrected chi connectivity index (χ2v) is 5.48. The molecule has 2 heterocycles. The summed E-state index contributed by atoms with van der Waals surface area (Å²) in [4.78, 5) is 4.10. The van der Waals surface area contributed by atoms with Crippen LogP contribution in [0, 0.1) is 5.92 Å². The van der Waals surface area contributed by atoms with Gasteiger partial charge >= 0.3 is 6.18 Å². The van der Waals surface area contributed by atoms with Gasteiger partial charge in [0.05, 0.1) is 5.52 Å². The Bertz CT molecular complexity index is 570. The number of hydrogen-bond donors (Lipinski definition) is 0. The number of nitrogens with zero attached hydrogens (tertiary/aromatic N) is 3. The van der Waals surface area contributed by atoms with Gasteiger partial charge in [0, 0.05) is 24.0 Å². The minimum atomic E-state index is -4.45. The molecule has 0 aliphatic rings. The quantitative estimate of drug-likeness (QED) is 0.637. The molecule has 1 unspecified atom stereocenters. The van der Waals surface area contributed by atoms with Crippen LogP contribution < -0.4 is 0 Å². The molecular formula is C11H11ClF3N3S. The Morgan fingerprint density at radius 1 is 1.47 bits per heavy atom. The highest BCUT2D eigenvalue weighted by molar-refractivity contribution is 7.99. The number of fused-ring (bicyclic) bond motifs is 1. The van der Waals surface area contributed by atoms with Gasteiger partial charge < -0.3 is 0 Å². The van der Waals surface area contributed by atoms with E-state index in [0.717, 1.165) is 6.07 Å². The maximum Gasteiger partial charge on any atom is 0.435 e. The summed E-state index contributed by atoms with van der Waals surface area (Å²) in [6.07, 6.45) is -1.61. The lowest BCUT2D eigenvalue weighted by molar-refractivity contribution is -0.141. The Kier molecular flexibility index (Phi) is 4.25. The predicted octanol–water partition coefficient (Wildman–Crippen LogP) is 3.72. The number of rotatable bonds is 4. The Hall–Kier alpha value is -0.950. The molecule has 0 amide bonds. The third-order valence-corrected chi connectivity index (χ3v) is 4.26. The SMILES string of the molecule is CC(CCl)CSc1nccn2nc(C(F)(F)F)cc12. The molecular weight excluding hydrogens is 299 g/mol. The Morgan fingerprint density at radius 2 is 2.21 bits per heavy atom. The Balaban J connectivity index is 2.32. The maximum atomic E-state index is 12.6. The molecule has 2 aromatic heterocycles. The summed E-state index contributed by atoms with van der Waals surface area (Å²) in [6, 6.07) is 1.01. The van der Waals surface area contributed by atoms with E-state index >= 15 is 0 Å². The molecule has 1 atom stereocenters. The third-order valence-electron chi connectivity index (χ3n) is 2.41. The van der Waals surface area contributed by atoms with Crippen LogP contribution in [0.3, 0.4) is 0 Å². The van der Waals surface area contributed by atoms with E-state index in [9.17, 15) is 13.2 Å². The number of aromatic nitrogens is 3. The largest absolute Gasteiger partial charge is 0.435 e. The molecule has 0 radical (unpaired) electrons. The fourth-order valence-corrected chi connectivity index (χ4v) is 2.65. The van der Waals surface area contributed by atoms with Crippen LogP contribution in [0.1, 0.15) is 12.6 Å². The van der Waals surface area contributed by atoms with Crippen molar-refractivity contribution < 1.29 is 13.2 Å². The molecule has 104 valence electrons. The summed E-state index contributed by atoms with van der Waals surface area (Å²) in [5, 5.41) is 4.03. The van der Waals surface area contributed by atoms with Gasteiger partial charge in [0.25, 0.3) is 0 Å². The fourth-order valence-electron chi connectivity index (χ4n) is 1.41. The van der Waals surface area contributed by atoms with Crippen LogP contribution in [0.5, 0.6) is 0 Å². The zero-order valence-corrected chi connectivity index (χ0v) is 11.6. The first-order chi connectivity index (χ1) is 8.91. The van der Waals surface area contributed by atoms with Crippen molar-refractivity contribution in [3.63, 3.8) is 0 Å². The van der Waals surface area contributed by atoms with Gasteiger partial charge in [0.2, 0.25) is 0 Å². The van der Waals surface area contributed by atoms with Crippen LogP contribution >= 0.6 is 23.4 Å². The van der Waals surface area contributed by atoms with Crippen molar-refractivity contribution in [2.24, 2.45) is 5.92 Å². The topological polar surface area (TPSA) is 30.2 Å². The van der Waals surface area contributed by atoms with Crippen LogP contribution in [0.25, 0.3) is 5.52 Å². The number of hydrogen-bond acceptors (Lipinski definition) is 3. The number of thioether (sulfide) groups is 1. The lowest BCUT2D eigenvalue weighted by Gasteiger charge is -2.06. The average Bonchev–Trinajstić information content (AvgIpc) is 2.80. The normalized spacial score (nSPS) is 13.9. The van der Waals surface area contributed by atoms with E-state index in [1.54, 1.807) is 0 Å². The molecule has 0 saturated carbocycles. The number of alkyl halides is 4. The molecule has 0 aromatic carbocycles. The first-order valence-corrected chi connectivity index (χ1v) is 7.04. The van der Waals surface area contributed by atoms with Crippen molar-refractivity contribution in [3.8, 4) is 0 Å². The second kappa shape index (κ2) is 5.58. The number of halogens is 4. The molecule has 2 aromatic rings. The van der Waals surface area contributed by atoms with E-state index < -0.39 is 11.9 Å². The molecule has 0 bridgehead atoms. The highest BCUT2D eigenvalue weighted by Gasteiger charge is 2.34. The molecule has 0 aliphatic carbocycles. The van der Waals surface area contributed by atoms with E-state index in [1.807, 2.05) is 6.92 Å². The van der Waals surface area contributed by atoms with Gasteiger partial charge in [0.15, 0.2) is 5.69 Å². The highest BCUT2D eigenvalue weighted by atomic mass is 35.5. The average molecular weight is 310 g/mol. The van der Waals surface area contributed by atoms with Crippen LogP contribution in [0.15, 0.2) is 23.5 Å². The van der Waals surface area contributed by atoms with Crippen LogP contribution in [-0.2, 0) is 6.18 Å². The van der Waals surface area contributed by atoms with Crippen LogP contribution in [0.4, 0.5) is 13.2 Å². The summed E-state index contributed by atoms with van der Waals surface area (Å²) < 4.78 is 39.0. The van der Waals surface area contributed by atoms with Crippen molar-refractivity contribution in [1.29, 1.82) is 0 Å².